The Morgan fingerprint density at radius 1 is 1.25 bits per heavy atom. The van der Waals surface area contributed by atoms with Crippen molar-refractivity contribution in [3.8, 4) is 0 Å². The molecule has 6 heteroatoms. The lowest BCUT2D eigenvalue weighted by molar-refractivity contribution is -0.141. The van der Waals surface area contributed by atoms with Crippen LogP contribution >= 0.6 is 0 Å². The maximum atomic E-state index is 12.4. The number of anilines is 1. The van der Waals surface area contributed by atoms with Crippen LogP contribution in [0.15, 0.2) is 24.3 Å². The molecule has 0 heterocycles. The van der Waals surface area contributed by atoms with Crippen LogP contribution in [0.5, 0.6) is 0 Å². The second-order valence-corrected chi connectivity index (χ2v) is 5.12. The molecule has 1 unspecified atom stereocenters. The van der Waals surface area contributed by atoms with Gasteiger partial charge in [-0.25, -0.2) is 0 Å². The lowest BCUT2D eigenvalue weighted by Gasteiger charge is -2.16. The Morgan fingerprint density at radius 2 is 1.80 bits per heavy atom. The minimum absolute atomic E-state index is 0.193. The molecule has 112 valence electrons. The number of carboxylic acids is 1. The fraction of sp³-hybridized carbons (Fsp3) is 0.500. The summed E-state index contributed by atoms with van der Waals surface area (Å²) in [6.45, 7) is 4.04. The van der Waals surface area contributed by atoms with Gasteiger partial charge in [0.1, 0.15) is 0 Å². The summed E-state index contributed by atoms with van der Waals surface area (Å²) in [5.74, 6) is -1.22. The summed E-state index contributed by atoms with van der Waals surface area (Å²) in [5, 5.41) is 11.9. The minimum atomic E-state index is -4.36. The van der Waals surface area contributed by atoms with Crippen molar-refractivity contribution >= 4 is 11.7 Å². The molecule has 2 N–H and O–H groups in total. The summed E-state index contributed by atoms with van der Waals surface area (Å²) < 4.78 is 37.2. The van der Waals surface area contributed by atoms with Crippen molar-refractivity contribution in [3.05, 3.63) is 29.8 Å². The quantitative estimate of drug-likeness (QED) is 0.836. The first-order chi connectivity index (χ1) is 9.20. The molecule has 1 aromatic carbocycles. The fourth-order valence-electron chi connectivity index (χ4n) is 1.86. The monoisotopic (exact) mass is 289 g/mol. The van der Waals surface area contributed by atoms with E-state index < -0.39 is 23.6 Å². The van der Waals surface area contributed by atoms with Crippen LogP contribution in [0.2, 0.25) is 0 Å². The Labute approximate surface area is 115 Å². The molecule has 0 aliphatic rings. The number of aliphatic carboxylic acids is 1. The number of nitrogens with one attached hydrogen (secondary N) is 1. The van der Waals surface area contributed by atoms with Crippen molar-refractivity contribution in [2.45, 2.75) is 26.4 Å². The molecule has 0 spiro atoms. The van der Waals surface area contributed by atoms with Gasteiger partial charge in [-0.15, -0.1) is 0 Å². The first-order valence-corrected chi connectivity index (χ1v) is 6.34. The number of hydrogen-bond acceptors (Lipinski definition) is 2. The molecule has 20 heavy (non-hydrogen) atoms. The minimum Gasteiger partial charge on any atom is -0.481 e. The van der Waals surface area contributed by atoms with Gasteiger partial charge in [-0.3, -0.25) is 4.79 Å². The van der Waals surface area contributed by atoms with Crippen LogP contribution in [0.25, 0.3) is 0 Å². The average molecular weight is 289 g/mol. The molecular formula is C14H18F3NO2. The number of carbonyl (C=O) groups is 1. The van der Waals surface area contributed by atoms with Gasteiger partial charge >= 0.3 is 12.1 Å². The van der Waals surface area contributed by atoms with E-state index in [1.807, 2.05) is 13.8 Å². The Balaban J connectivity index is 2.62. The highest BCUT2D eigenvalue weighted by Crippen LogP contribution is 2.29. The topological polar surface area (TPSA) is 49.3 Å². The van der Waals surface area contributed by atoms with E-state index in [0.717, 1.165) is 12.1 Å². The largest absolute Gasteiger partial charge is 0.481 e. The van der Waals surface area contributed by atoms with Crippen LogP contribution in [-0.4, -0.2) is 17.6 Å². The van der Waals surface area contributed by atoms with Crippen LogP contribution < -0.4 is 5.32 Å². The number of carboxylic acid groups (broad SMARTS) is 1. The molecule has 0 saturated heterocycles. The molecule has 0 bridgehead atoms. The molecule has 0 saturated carbocycles. The predicted molar refractivity (Wildman–Crippen MR) is 70.5 cm³/mol. The van der Waals surface area contributed by atoms with Crippen molar-refractivity contribution in [2.24, 2.45) is 11.8 Å². The number of benzene rings is 1. The zero-order valence-electron chi connectivity index (χ0n) is 11.4. The normalized spacial score (nSPS) is 13.3. The lowest BCUT2D eigenvalue weighted by Crippen LogP contribution is -2.24. The van der Waals surface area contributed by atoms with Crippen molar-refractivity contribution in [2.75, 3.05) is 11.9 Å². The first kappa shape index (κ1) is 16.3. The first-order valence-electron chi connectivity index (χ1n) is 6.34. The smallest absolute Gasteiger partial charge is 0.416 e. The standard InChI is InChI=1S/C14H18F3NO2/c1-9(2)7-10(13(19)20)8-18-12-5-3-11(4-6-12)14(15,16)17/h3-6,9-10,18H,7-8H2,1-2H3,(H,19,20). The summed E-state index contributed by atoms with van der Waals surface area (Å²) in [5.41, 5.74) is -0.243. The van der Waals surface area contributed by atoms with E-state index >= 15 is 0 Å². The molecule has 1 atom stereocenters. The number of hydrogen-bond donors (Lipinski definition) is 2. The zero-order valence-corrected chi connectivity index (χ0v) is 11.4. The third kappa shape index (κ3) is 5.11. The van der Waals surface area contributed by atoms with Gasteiger partial charge in [0.2, 0.25) is 0 Å². The SMILES string of the molecule is CC(C)CC(CNc1ccc(C(F)(F)F)cc1)C(=O)O. The van der Waals surface area contributed by atoms with Crippen molar-refractivity contribution < 1.29 is 23.1 Å². The summed E-state index contributed by atoms with van der Waals surface area (Å²) in [6.07, 6.45) is -3.84. The Bertz CT molecular complexity index is 441. The van der Waals surface area contributed by atoms with Crippen LogP contribution in [0, 0.1) is 11.8 Å². The molecule has 0 amide bonds. The third-order valence-electron chi connectivity index (χ3n) is 2.87. The fourth-order valence-corrected chi connectivity index (χ4v) is 1.86. The molecular weight excluding hydrogens is 271 g/mol. The van der Waals surface area contributed by atoms with Crippen LogP contribution in [0.1, 0.15) is 25.8 Å². The second kappa shape index (κ2) is 6.63. The highest BCUT2D eigenvalue weighted by molar-refractivity contribution is 5.70. The Hall–Kier alpha value is -1.72. The van der Waals surface area contributed by atoms with Crippen molar-refractivity contribution in [1.29, 1.82) is 0 Å². The number of halogens is 3. The maximum Gasteiger partial charge on any atom is 0.416 e. The molecule has 1 rings (SSSR count). The molecule has 3 nitrogen and oxygen atoms in total. The maximum absolute atomic E-state index is 12.4. The molecule has 0 aromatic heterocycles. The van der Waals surface area contributed by atoms with E-state index in [0.29, 0.717) is 12.1 Å². The summed E-state index contributed by atoms with van der Waals surface area (Å²) in [7, 11) is 0. The van der Waals surface area contributed by atoms with Gasteiger partial charge in [0.05, 0.1) is 11.5 Å². The van der Waals surface area contributed by atoms with Gasteiger partial charge in [-0.2, -0.15) is 13.2 Å². The summed E-state index contributed by atoms with van der Waals surface area (Å²) in [4.78, 5) is 11.1. The zero-order chi connectivity index (χ0) is 15.3. The van der Waals surface area contributed by atoms with E-state index in [2.05, 4.69) is 5.32 Å². The van der Waals surface area contributed by atoms with E-state index in [-0.39, 0.29) is 12.5 Å². The van der Waals surface area contributed by atoms with E-state index in [1.165, 1.54) is 12.1 Å². The summed E-state index contributed by atoms with van der Waals surface area (Å²) in [6, 6.07) is 4.55. The molecule has 0 fully saturated rings. The van der Waals surface area contributed by atoms with Crippen molar-refractivity contribution in [1.82, 2.24) is 0 Å². The van der Waals surface area contributed by atoms with E-state index in [9.17, 15) is 18.0 Å². The Kier molecular flexibility index (Phi) is 5.42. The molecule has 0 aliphatic carbocycles. The Morgan fingerprint density at radius 3 is 2.20 bits per heavy atom. The molecule has 1 aromatic rings. The highest BCUT2D eigenvalue weighted by atomic mass is 19.4. The van der Waals surface area contributed by atoms with Gasteiger partial charge in [0, 0.05) is 12.2 Å². The van der Waals surface area contributed by atoms with E-state index in [4.69, 9.17) is 5.11 Å². The number of rotatable bonds is 6. The average Bonchev–Trinajstić information content (AvgIpc) is 2.33. The van der Waals surface area contributed by atoms with E-state index in [1.54, 1.807) is 0 Å². The van der Waals surface area contributed by atoms with Crippen LogP contribution in [0.3, 0.4) is 0 Å². The predicted octanol–water partition coefficient (Wildman–Crippen LogP) is 3.86. The molecule has 0 radical (unpaired) electrons. The lowest BCUT2D eigenvalue weighted by atomic mass is 9.97. The highest BCUT2D eigenvalue weighted by Gasteiger charge is 2.30. The van der Waals surface area contributed by atoms with Gasteiger partial charge in [-0.1, -0.05) is 13.8 Å². The van der Waals surface area contributed by atoms with Gasteiger partial charge < -0.3 is 10.4 Å². The number of alkyl halides is 3. The summed E-state index contributed by atoms with van der Waals surface area (Å²) >= 11 is 0. The van der Waals surface area contributed by atoms with Crippen LogP contribution in [-0.2, 0) is 11.0 Å². The van der Waals surface area contributed by atoms with Gasteiger partial charge in [0.15, 0.2) is 0 Å². The van der Waals surface area contributed by atoms with Crippen LogP contribution in [0.4, 0.5) is 18.9 Å². The van der Waals surface area contributed by atoms with Crippen molar-refractivity contribution in [3.63, 3.8) is 0 Å². The van der Waals surface area contributed by atoms with Gasteiger partial charge in [0.25, 0.3) is 0 Å². The molecule has 0 aliphatic heterocycles. The third-order valence-corrected chi connectivity index (χ3v) is 2.87. The second-order valence-electron chi connectivity index (χ2n) is 5.12. The van der Waals surface area contributed by atoms with Gasteiger partial charge in [-0.05, 0) is 36.6 Å².